The number of benzene rings is 4. The average Bonchev–Trinajstić information content (AvgIpc) is 3.37. The molecule has 2 aromatic heterocycles. The second-order valence-corrected chi connectivity index (χ2v) is 8.31. The molecule has 6 aromatic rings. The summed E-state index contributed by atoms with van der Waals surface area (Å²) in [5.74, 6) is 0. The summed E-state index contributed by atoms with van der Waals surface area (Å²) in [7, 11) is 4.40. The van der Waals surface area contributed by atoms with Gasteiger partial charge in [-0.05, 0) is 46.9 Å². The van der Waals surface area contributed by atoms with Crippen LogP contribution in [0.2, 0.25) is 0 Å². The predicted molar refractivity (Wildman–Crippen MR) is 123 cm³/mol. The van der Waals surface area contributed by atoms with Gasteiger partial charge in [0, 0.05) is 46.7 Å². The summed E-state index contributed by atoms with van der Waals surface area (Å²) in [4.78, 5) is 0. The molecule has 0 N–H and O–H groups in total. The van der Waals surface area contributed by atoms with Gasteiger partial charge in [-0.15, -0.1) is 0 Å². The number of aryl methyl sites for hydroxylation is 2. The fourth-order valence-electron chi connectivity index (χ4n) is 5.68. The lowest BCUT2D eigenvalue weighted by Crippen LogP contribution is -1.89. The molecule has 7 rings (SSSR count). The Morgan fingerprint density at radius 2 is 1.34 bits per heavy atom. The summed E-state index contributed by atoms with van der Waals surface area (Å²) >= 11 is 0. The third-order valence-electron chi connectivity index (χ3n) is 6.98. The standard InChI is InChI=1S/C27H20N2/c1-28-22-10-6-5-9-19(22)26-24(28)14-12-20-25-21-15-16-7-3-4-8-17(16)18(21)11-13-23(25)29(2)27(20)26/h3-14H,15H2,1-2H3. The van der Waals surface area contributed by atoms with Crippen molar-refractivity contribution < 1.29 is 0 Å². The van der Waals surface area contributed by atoms with Gasteiger partial charge in [-0.2, -0.15) is 0 Å². The Kier molecular flexibility index (Phi) is 2.71. The summed E-state index contributed by atoms with van der Waals surface area (Å²) < 4.78 is 4.73. The molecule has 0 spiro atoms. The van der Waals surface area contributed by atoms with Crippen LogP contribution in [0.1, 0.15) is 11.1 Å². The molecular formula is C27H20N2. The Balaban J connectivity index is 1.72. The van der Waals surface area contributed by atoms with Gasteiger partial charge in [0.25, 0.3) is 0 Å². The lowest BCUT2D eigenvalue weighted by Gasteiger charge is -2.03. The summed E-state index contributed by atoms with van der Waals surface area (Å²) in [6, 6.07) is 26.9. The van der Waals surface area contributed by atoms with Crippen molar-refractivity contribution in [2.24, 2.45) is 14.1 Å². The first-order valence-corrected chi connectivity index (χ1v) is 10.2. The van der Waals surface area contributed by atoms with E-state index in [1.165, 1.54) is 65.9 Å². The topological polar surface area (TPSA) is 9.86 Å². The molecule has 4 aromatic carbocycles. The van der Waals surface area contributed by atoms with Gasteiger partial charge in [0.1, 0.15) is 0 Å². The van der Waals surface area contributed by atoms with Crippen LogP contribution >= 0.6 is 0 Å². The summed E-state index contributed by atoms with van der Waals surface area (Å²) in [6.45, 7) is 0. The summed E-state index contributed by atoms with van der Waals surface area (Å²) in [6.07, 6.45) is 1.02. The zero-order valence-corrected chi connectivity index (χ0v) is 16.5. The van der Waals surface area contributed by atoms with Gasteiger partial charge in [-0.3, -0.25) is 0 Å². The zero-order chi connectivity index (χ0) is 19.3. The van der Waals surface area contributed by atoms with Crippen LogP contribution in [0.4, 0.5) is 0 Å². The van der Waals surface area contributed by atoms with Crippen LogP contribution in [-0.2, 0) is 20.5 Å². The van der Waals surface area contributed by atoms with Crippen LogP contribution in [0.5, 0.6) is 0 Å². The van der Waals surface area contributed by atoms with Crippen molar-refractivity contribution in [1.82, 2.24) is 9.13 Å². The van der Waals surface area contributed by atoms with Crippen molar-refractivity contribution in [3.05, 3.63) is 83.9 Å². The SMILES string of the molecule is Cn1c2ccccc2c2c1ccc1c3c4c(ccc3n(C)c12)-c1ccccc1C4. The van der Waals surface area contributed by atoms with Gasteiger partial charge in [-0.1, -0.05) is 54.6 Å². The zero-order valence-electron chi connectivity index (χ0n) is 16.5. The van der Waals surface area contributed by atoms with Crippen LogP contribution < -0.4 is 0 Å². The third-order valence-corrected chi connectivity index (χ3v) is 6.98. The van der Waals surface area contributed by atoms with E-state index < -0.39 is 0 Å². The average molecular weight is 372 g/mol. The molecule has 138 valence electrons. The van der Waals surface area contributed by atoms with E-state index in [0.29, 0.717) is 0 Å². The van der Waals surface area contributed by atoms with Crippen molar-refractivity contribution >= 4 is 43.6 Å². The Labute approximate surface area is 168 Å². The number of hydrogen-bond acceptors (Lipinski definition) is 0. The van der Waals surface area contributed by atoms with E-state index in [9.17, 15) is 0 Å². The van der Waals surface area contributed by atoms with Gasteiger partial charge >= 0.3 is 0 Å². The number of para-hydroxylation sites is 1. The number of fused-ring (bicyclic) bond motifs is 11. The van der Waals surface area contributed by atoms with E-state index in [-0.39, 0.29) is 0 Å². The van der Waals surface area contributed by atoms with Crippen molar-refractivity contribution in [2.45, 2.75) is 6.42 Å². The summed E-state index contributed by atoms with van der Waals surface area (Å²) in [5, 5.41) is 5.49. The highest BCUT2D eigenvalue weighted by Crippen LogP contribution is 2.45. The summed E-state index contributed by atoms with van der Waals surface area (Å²) in [5.41, 5.74) is 11.0. The highest BCUT2D eigenvalue weighted by atomic mass is 15.0. The Bertz CT molecular complexity index is 1640. The highest BCUT2D eigenvalue weighted by Gasteiger charge is 2.24. The molecule has 0 saturated carbocycles. The number of aromatic nitrogens is 2. The molecule has 1 aliphatic carbocycles. The van der Waals surface area contributed by atoms with Crippen LogP contribution in [-0.4, -0.2) is 9.13 Å². The molecule has 0 bridgehead atoms. The third kappa shape index (κ3) is 1.73. The van der Waals surface area contributed by atoms with Crippen molar-refractivity contribution in [1.29, 1.82) is 0 Å². The van der Waals surface area contributed by atoms with E-state index in [2.05, 4.69) is 96.0 Å². The minimum atomic E-state index is 1.02. The fourth-order valence-corrected chi connectivity index (χ4v) is 5.68. The molecule has 0 fully saturated rings. The van der Waals surface area contributed by atoms with E-state index in [0.717, 1.165) is 6.42 Å². The second kappa shape index (κ2) is 5.09. The molecule has 2 nitrogen and oxygen atoms in total. The maximum absolute atomic E-state index is 2.41. The first-order valence-electron chi connectivity index (χ1n) is 10.2. The molecule has 0 atom stereocenters. The second-order valence-electron chi connectivity index (χ2n) is 8.31. The van der Waals surface area contributed by atoms with Crippen LogP contribution in [0.25, 0.3) is 54.7 Å². The van der Waals surface area contributed by atoms with E-state index in [1.807, 2.05) is 0 Å². The van der Waals surface area contributed by atoms with Gasteiger partial charge in [-0.25, -0.2) is 0 Å². The number of nitrogens with zero attached hydrogens (tertiary/aromatic N) is 2. The quantitative estimate of drug-likeness (QED) is 0.286. The molecule has 29 heavy (non-hydrogen) atoms. The molecule has 0 unspecified atom stereocenters. The molecule has 0 aliphatic heterocycles. The Morgan fingerprint density at radius 3 is 2.28 bits per heavy atom. The molecule has 2 heterocycles. The van der Waals surface area contributed by atoms with Gasteiger partial charge < -0.3 is 9.13 Å². The minimum absolute atomic E-state index is 1.02. The number of hydrogen-bond donors (Lipinski definition) is 0. The van der Waals surface area contributed by atoms with Crippen LogP contribution in [0.15, 0.2) is 72.8 Å². The molecule has 0 amide bonds. The Hall–Kier alpha value is -3.52. The van der Waals surface area contributed by atoms with Crippen LogP contribution in [0.3, 0.4) is 0 Å². The maximum atomic E-state index is 2.41. The monoisotopic (exact) mass is 372 g/mol. The van der Waals surface area contributed by atoms with E-state index in [1.54, 1.807) is 0 Å². The van der Waals surface area contributed by atoms with Gasteiger partial charge in [0.05, 0.1) is 11.0 Å². The Morgan fingerprint density at radius 1 is 0.586 bits per heavy atom. The minimum Gasteiger partial charge on any atom is -0.344 e. The van der Waals surface area contributed by atoms with Crippen molar-refractivity contribution in [2.75, 3.05) is 0 Å². The molecule has 1 aliphatic rings. The molecule has 0 saturated heterocycles. The maximum Gasteiger partial charge on any atom is 0.0590 e. The normalized spacial score (nSPS) is 13.0. The largest absolute Gasteiger partial charge is 0.344 e. The van der Waals surface area contributed by atoms with Crippen molar-refractivity contribution in [3.8, 4) is 11.1 Å². The van der Waals surface area contributed by atoms with E-state index >= 15 is 0 Å². The molecule has 0 radical (unpaired) electrons. The first-order chi connectivity index (χ1) is 14.2. The molecule has 2 heteroatoms. The van der Waals surface area contributed by atoms with Crippen LogP contribution in [0, 0.1) is 0 Å². The number of rotatable bonds is 0. The van der Waals surface area contributed by atoms with Gasteiger partial charge in [0.2, 0.25) is 0 Å². The molecular weight excluding hydrogens is 352 g/mol. The van der Waals surface area contributed by atoms with E-state index in [4.69, 9.17) is 0 Å². The fraction of sp³-hybridized carbons (Fsp3) is 0.111. The first kappa shape index (κ1) is 15.4. The predicted octanol–water partition coefficient (Wildman–Crippen LogP) is 6.55. The lowest BCUT2D eigenvalue weighted by atomic mass is 10.00. The van der Waals surface area contributed by atoms with Crippen molar-refractivity contribution in [3.63, 3.8) is 0 Å². The lowest BCUT2D eigenvalue weighted by molar-refractivity contribution is 1.01. The smallest absolute Gasteiger partial charge is 0.0590 e. The highest BCUT2D eigenvalue weighted by molar-refractivity contribution is 6.26. The van der Waals surface area contributed by atoms with Gasteiger partial charge in [0.15, 0.2) is 0 Å².